The van der Waals surface area contributed by atoms with Gasteiger partial charge < -0.3 is 5.32 Å². The van der Waals surface area contributed by atoms with E-state index in [0.717, 1.165) is 5.56 Å². The molecule has 2 nitrogen and oxygen atoms in total. The van der Waals surface area contributed by atoms with Crippen LogP contribution in [-0.4, -0.2) is 11.8 Å². The van der Waals surface area contributed by atoms with Gasteiger partial charge in [0.05, 0.1) is 0 Å². The van der Waals surface area contributed by atoms with Crippen molar-refractivity contribution in [3.05, 3.63) is 35.4 Å². The number of nitrogens with one attached hydrogen (secondary N) is 1. The Hall–Kier alpha value is -1.15. The summed E-state index contributed by atoms with van der Waals surface area (Å²) >= 11 is 0. The molecule has 0 spiro atoms. The number of benzene rings is 1. The molecule has 2 heteroatoms. The third-order valence-electron chi connectivity index (χ3n) is 3.31. The second-order valence-corrected chi connectivity index (χ2v) is 4.73. The minimum absolute atomic E-state index is 0.144. The molecule has 0 saturated carbocycles. The lowest BCUT2D eigenvalue weighted by Gasteiger charge is -2.29. The van der Waals surface area contributed by atoms with Gasteiger partial charge >= 0.3 is 0 Å². The van der Waals surface area contributed by atoms with E-state index in [0.29, 0.717) is 12.1 Å². The van der Waals surface area contributed by atoms with E-state index >= 15 is 0 Å². The highest BCUT2D eigenvalue weighted by Crippen LogP contribution is 2.25. The third-order valence-corrected chi connectivity index (χ3v) is 3.31. The zero-order valence-electron chi connectivity index (χ0n) is 9.99. The molecule has 1 aromatic carbocycles. The number of Topliss-reactive ketones (excluding diaryl/α,β-unsaturated/α-hetero) is 1. The van der Waals surface area contributed by atoms with Crippen LogP contribution in [0.1, 0.15) is 55.1 Å². The van der Waals surface area contributed by atoms with E-state index in [1.165, 1.54) is 24.8 Å². The van der Waals surface area contributed by atoms with Crippen LogP contribution in [0.25, 0.3) is 0 Å². The zero-order chi connectivity index (χ0) is 11.5. The Morgan fingerprint density at radius 2 is 2.19 bits per heavy atom. The van der Waals surface area contributed by atoms with E-state index in [4.69, 9.17) is 0 Å². The van der Waals surface area contributed by atoms with Crippen LogP contribution in [0.2, 0.25) is 0 Å². The highest BCUT2D eigenvalue weighted by atomic mass is 16.1. The number of hydrogen-bond acceptors (Lipinski definition) is 2. The van der Waals surface area contributed by atoms with Crippen LogP contribution in [0, 0.1) is 0 Å². The summed E-state index contributed by atoms with van der Waals surface area (Å²) in [6.07, 6.45) is 3.69. The largest absolute Gasteiger partial charge is 0.307 e. The Bertz CT molecular complexity index is 386. The van der Waals surface area contributed by atoms with Gasteiger partial charge in [0, 0.05) is 17.6 Å². The molecule has 1 saturated heterocycles. The highest BCUT2D eigenvalue weighted by molar-refractivity contribution is 5.94. The maximum atomic E-state index is 11.3. The number of carbonyl (C=O) groups excluding carboxylic acids is 1. The van der Waals surface area contributed by atoms with Gasteiger partial charge in [0.1, 0.15) is 0 Å². The first-order chi connectivity index (χ1) is 7.66. The minimum atomic E-state index is 0.144. The van der Waals surface area contributed by atoms with E-state index in [1.807, 2.05) is 18.2 Å². The molecule has 0 radical (unpaired) electrons. The molecule has 0 aliphatic carbocycles. The second-order valence-electron chi connectivity index (χ2n) is 4.73. The summed E-state index contributed by atoms with van der Waals surface area (Å²) in [5, 5.41) is 3.59. The molecule has 0 amide bonds. The Morgan fingerprint density at radius 3 is 2.88 bits per heavy atom. The molecular formula is C14H19NO. The molecule has 1 aliphatic heterocycles. The fourth-order valence-electron chi connectivity index (χ4n) is 2.38. The number of piperidine rings is 1. The monoisotopic (exact) mass is 217 g/mol. The first-order valence-electron chi connectivity index (χ1n) is 6.04. The molecule has 0 bridgehead atoms. The molecule has 1 aromatic rings. The van der Waals surface area contributed by atoms with Gasteiger partial charge in [-0.3, -0.25) is 4.79 Å². The quantitative estimate of drug-likeness (QED) is 0.771. The fraction of sp³-hybridized carbons (Fsp3) is 0.500. The summed E-state index contributed by atoms with van der Waals surface area (Å²) in [6.45, 7) is 3.84. The maximum Gasteiger partial charge on any atom is 0.159 e. The van der Waals surface area contributed by atoms with Gasteiger partial charge in [0.15, 0.2) is 5.78 Å². The van der Waals surface area contributed by atoms with Crippen molar-refractivity contribution in [2.75, 3.05) is 0 Å². The van der Waals surface area contributed by atoms with E-state index in [2.05, 4.69) is 18.3 Å². The van der Waals surface area contributed by atoms with Crippen LogP contribution in [0.3, 0.4) is 0 Å². The van der Waals surface area contributed by atoms with Crippen LogP contribution in [0.5, 0.6) is 0 Å². The minimum Gasteiger partial charge on any atom is -0.307 e. The van der Waals surface area contributed by atoms with Crippen molar-refractivity contribution in [1.29, 1.82) is 0 Å². The first-order valence-corrected chi connectivity index (χ1v) is 6.04. The van der Waals surface area contributed by atoms with Crippen molar-refractivity contribution in [2.45, 2.75) is 45.2 Å². The van der Waals surface area contributed by atoms with E-state index < -0.39 is 0 Å². The molecule has 1 fully saturated rings. The number of ketones is 1. The predicted molar refractivity (Wildman–Crippen MR) is 65.6 cm³/mol. The van der Waals surface area contributed by atoms with Crippen molar-refractivity contribution in [3.63, 3.8) is 0 Å². The van der Waals surface area contributed by atoms with Crippen molar-refractivity contribution < 1.29 is 4.79 Å². The molecule has 1 N–H and O–H groups in total. The lowest BCUT2D eigenvalue weighted by molar-refractivity contribution is 0.101. The van der Waals surface area contributed by atoms with Gasteiger partial charge in [-0.2, -0.15) is 0 Å². The molecule has 16 heavy (non-hydrogen) atoms. The predicted octanol–water partition coefficient (Wildman–Crippen LogP) is 3.09. The van der Waals surface area contributed by atoms with Crippen LogP contribution in [-0.2, 0) is 0 Å². The Kier molecular flexibility index (Phi) is 3.39. The summed E-state index contributed by atoms with van der Waals surface area (Å²) in [4.78, 5) is 11.3. The molecule has 2 rings (SSSR count). The van der Waals surface area contributed by atoms with Crippen molar-refractivity contribution in [3.8, 4) is 0 Å². The SMILES string of the molecule is CC(=O)c1cccc(C2CCCC(C)N2)c1. The van der Waals surface area contributed by atoms with Crippen molar-refractivity contribution in [1.82, 2.24) is 5.32 Å². The van der Waals surface area contributed by atoms with E-state index in [1.54, 1.807) is 6.92 Å². The topological polar surface area (TPSA) is 29.1 Å². The van der Waals surface area contributed by atoms with Crippen molar-refractivity contribution >= 4 is 5.78 Å². The standard InChI is InChI=1S/C14H19NO/c1-10-5-3-8-14(15-10)13-7-4-6-12(9-13)11(2)16/h4,6-7,9-10,14-15H,3,5,8H2,1-2H3. The first kappa shape index (κ1) is 11.3. The summed E-state index contributed by atoms with van der Waals surface area (Å²) in [7, 11) is 0. The number of carbonyl (C=O) groups is 1. The Balaban J connectivity index is 2.19. The lowest BCUT2D eigenvalue weighted by atomic mass is 9.93. The highest BCUT2D eigenvalue weighted by Gasteiger charge is 2.19. The normalized spacial score (nSPS) is 25.4. The lowest BCUT2D eigenvalue weighted by Crippen LogP contribution is -2.34. The van der Waals surface area contributed by atoms with Crippen LogP contribution in [0.15, 0.2) is 24.3 Å². The number of rotatable bonds is 2. The molecule has 86 valence electrons. The fourth-order valence-corrected chi connectivity index (χ4v) is 2.38. The van der Waals surface area contributed by atoms with Gasteiger partial charge in [-0.05, 0) is 38.3 Å². The van der Waals surface area contributed by atoms with Crippen LogP contribution in [0.4, 0.5) is 0 Å². The van der Waals surface area contributed by atoms with Gasteiger partial charge in [-0.1, -0.05) is 24.6 Å². The molecule has 1 aliphatic rings. The van der Waals surface area contributed by atoms with Crippen LogP contribution >= 0.6 is 0 Å². The maximum absolute atomic E-state index is 11.3. The van der Waals surface area contributed by atoms with Crippen LogP contribution < -0.4 is 5.32 Å². The average molecular weight is 217 g/mol. The Morgan fingerprint density at radius 1 is 1.38 bits per heavy atom. The Labute approximate surface area is 97.1 Å². The van der Waals surface area contributed by atoms with Gasteiger partial charge in [0.2, 0.25) is 0 Å². The molecular weight excluding hydrogens is 198 g/mol. The molecule has 2 atom stereocenters. The molecule has 0 aromatic heterocycles. The number of hydrogen-bond donors (Lipinski definition) is 1. The summed E-state index contributed by atoms with van der Waals surface area (Å²) < 4.78 is 0. The summed E-state index contributed by atoms with van der Waals surface area (Å²) in [5.74, 6) is 0.144. The van der Waals surface area contributed by atoms with Gasteiger partial charge in [0.25, 0.3) is 0 Å². The van der Waals surface area contributed by atoms with E-state index in [9.17, 15) is 4.79 Å². The smallest absolute Gasteiger partial charge is 0.159 e. The van der Waals surface area contributed by atoms with Gasteiger partial charge in [-0.25, -0.2) is 0 Å². The molecule has 2 unspecified atom stereocenters. The van der Waals surface area contributed by atoms with Crippen molar-refractivity contribution in [2.24, 2.45) is 0 Å². The van der Waals surface area contributed by atoms with E-state index in [-0.39, 0.29) is 5.78 Å². The second kappa shape index (κ2) is 4.79. The van der Waals surface area contributed by atoms with Gasteiger partial charge in [-0.15, -0.1) is 0 Å². The zero-order valence-corrected chi connectivity index (χ0v) is 9.99. The average Bonchev–Trinajstić information content (AvgIpc) is 2.29. The summed E-state index contributed by atoms with van der Waals surface area (Å²) in [6, 6.07) is 9.01. The molecule has 1 heterocycles. The third kappa shape index (κ3) is 2.50. The summed E-state index contributed by atoms with van der Waals surface area (Å²) in [5.41, 5.74) is 2.07.